The molecule has 1 rings (SSSR count). The van der Waals surface area contributed by atoms with Crippen LogP contribution in [0.25, 0.3) is 0 Å². The fourth-order valence-electron chi connectivity index (χ4n) is 3.00. The minimum atomic E-state index is -0.954. The topological polar surface area (TPSA) is 122 Å². The van der Waals surface area contributed by atoms with Gasteiger partial charge in [-0.3, -0.25) is 29.1 Å². The second-order valence-corrected chi connectivity index (χ2v) is 6.40. The summed E-state index contributed by atoms with van der Waals surface area (Å²) in [6.45, 7) is 5.98. The van der Waals surface area contributed by atoms with E-state index in [0.29, 0.717) is 39.3 Å². The van der Waals surface area contributed by atoms with Crippen molar-refractivity contribution in [2.24, 2.45) is 5.92 Å². The lowest BCUT2D eigenvalue weighted by atomic mass is 10.0. The molecule has 138 valence electrons. The van der Waals surface area contributed by atoms with Gasteiger partial charge in [0.15, 0.2) is 0 Å². The summed E-state index contributed by atoms with van der Waals surface area (Å²) in [5.41, 5.74) is 0. The van der Waals surface area contributed by atoms with E-state index in [1.54, 1.807) is 9.80 Å². The molecule has 0 aromatic carbocycles. The van der Waals surface area contributed by atoms with Crippen molar-refractivity contribution in [2.45, 2.75) is 19.9 Å². The number of hydrogen-bond acceptors (Lipinski definition) is 6. The fraction of sp³-hybridized carbons (Fsp3) is 0.800. The highest BCUT2D eigenvalue weighted by molar-refractivity contribution is 5.73. The van der Waals surface area contributed by atoms with Crippen LogP contribution in [0.5, 0.6) is 0 Å². The van der Waals surface area contributed by atoms with Gasteiger partial charge in [-0.2, -0.15) is 0 Å². The quantitative estimate of drug-likeness (QED) is 0.543. The summed E-state index contributed by atoms with van der Waals surface area (Å²) in [6, 6.07) is -0.679. The van der Waals surface area contributed by atoms with Crippen LogP contribution >= 0.6 is 0 Å². The third-order valence-electron chi connectivity index (χ3n) is 4.13. The van der Waals surface area contributed by atoms with Gasteiger partial charge in [-0.05, 0) is 5.92 Å². The van der Waals surface area contributed by atoms with E-state index in [1.165, 1.54) is 0 Å². The van der Waals surface area contributed by atoms with Crippen molar-refractivity contribution in [3.8, 4) is 0 Å². The van der Waals surface area contributed by atoms with E-state index in [0.717, 1.165) is 0 Å². The van der Waals surface area contributed by atoms with Crippen molar-refractivity contribution in [1.29, 1.82) is 0 Å². The van der Waals surface area contributed by atoms with Crippen LogP contribution in [-0.2, 0) is 14.4 Å². The SMILES string of the molecule is CC(C)C(C(=O)O)N1CCN(CC(=O)O)CCN(CC(=O)O)CC1. The molecule has 9 nitrogen and oxygen atoms in total. The van der Waals surface area contributed by atoms with Gasteiger partial charge in [0.25, 0.3) is 0 Å². The molecule has 1 heterocycles. The van der Waals surface area contributed by atoms with Crippen LogP contribution < -0.4 is 0 Å². The molecule has 1 atom stereocenters. The zero-order valence-corrected chi connectivity index (χ0v) is 14.2. The average Bonchev–Trinajstić information content (AvgIpc) is 2.51. The molecule has 1 unspecified atom stereocenters. The zero-order chi connectivity index (χ0) is 18.3. The smallest absolute Gasteiger partial charge is 0.321 e. The molecule has 0 radical (unpaired) electrons. The predicted octanol–water partition coefficient (Wildman–Crippen LogP) is -0.816. The standard InChI is InChI=1S/C15H27N3O6/c1-11(2)14(15(23)24)18-7-5-16(9-12(19)20)3-4-17(6-8-18)10-13(21)22/h11,14H,3-10H2,1-2H3,(H,19,20)(H,21,22)(H,23,24). The Bertz CT molecular complexity index is 428. The number of nitrogens with zero attached hydrogens (tertiary/aromatic N) is 3. The average molecular weight is 345 g/mol. The number of carboxylic acids is 3. The van der Waals surface area contributed by atoms with Crippen LogP contribution in [0.15, 0.2) is 0 Å². The van der Waals surface area contributed by atoms with Crippen molar-refractivity contribution in [2.75, 3.05) is 52.4 Å². The van der Waals surface area contributed by atoms with Crippen molar-refractivity contribution in [3.63, 3.8) is 0 Å². The second kappa shape index (κ2) is 9.55. The highest BCUT2D eigenvalue weighted by atomic mass is 16.4. The van der Waals surface area contributed by atoms with Crippen LogP contribution in [0, 0.1) is 5.92 Å². The summed E-state index contributed by atoms with van der Waals surface area (Å²) in [6.07, 6.45) is 0. The maximum Gasteiger partial charge on any atom is 0.321 e. The van der Waals surface area contributed by atoms with E-state index >= 15 is 0 Å². The largest absolute Gasteiger partial charge is 0.480 e. The van der Waals surface area contributed by atoms with Gasteiger partial charge in [0, 0.05) is 39.3 Å². The minimum absolute atomic E-state index is 0.107. The molecular formula is C15H27N3O6. The number of hydrogen-bond donors (Lipinski definition) is 3. The van der Waals surface area contributed by atoms with Gasteiger partial charge in [0.2, 0.25) is 0 Å². The molecule has 9 heteroatoms. The highest BCUT2D eigenvalue weighted by Gasteiger charge is 2.30. The first-order valence-corrected chi connectivity index (χ1v) is 8.06. The normalized spacial score (nSPS) is 20.1. The van der Waals surface area contributed by atoms with Crippen molar-refractivity contribution in [1.82, 2.24) is 14.7 Å². The first-order chi connectivity index (χ1) is 11.2. The molecule has 1 aliphatic heterocycles. The van der Waals surface area contributed by atoms with E-state index in [2.05, 4.69) is 0 Å². The molecule has 0 aliphatic carbocycles. The summed E-state index contributed by atoms with van der Waals surface area (Å²) >= 11 is 0. The molecule has 1 fully saturated rings. The fourth-order valence-corrected chi connectivity index (χ4v) is 3.00. The summed E-state index contributed by atoms with van der Waals surface area (Å²) in [7, 11) is 0. The molecule has 0 amide bonds. The Morgan fingerprint density at radius 1 is 0.792 bits per heavy atom. The molecule has 0 saturated carbocycles. The molecule has 24 heavy (non-hydrogen) atoms. The summed E-state index contributed by atoms with van der Waals surface area (Å²) in [5, 5.41) is 27.5. The van der Waals surface area contributed by atoms with Gasteiger partial charge < -0.3 is 15.3 Å². The van der Waals surface area contributed by atoms with E-state index < -0.39 is 23.9 Å². The van der Waals surface area contributed by atoms with Crippen molar-refractivity contribution < 1.29 is 29.7 Å². The lowest BCUT2D eigenvalue weighted by Gasteiger charge is -2.32. The van der Waals surface area contributed by atoms with Crippen molar-refractivity contribution in [3.05, 3.63) is 0 Å². The van der Waals surface area contributed by atoms with Crippen LogP contribution in [0.2, 0.25) is 0 Å². The summed E-state index contributed by atoms with van der Waals surface area (Å²) in [4.78, 5) is 38.8. The maximum atomic E-state index is 11.6. The lowest BCUT2D eigenvalue weighted by Crippen LogP contribution is -2.49. The molecule has 3 N–H and O–H groups in total. The molecule has 0 spiro atoms. The van der Waals surface area contributed by atoms with E-state index in [-0.39, 0.29) is 19.0 Å². The van der Waals surface area contributed by atoms with Gasteiger partial charge >= 0.3 is 17.9 Å². The number of rotatable bonds is 7. The Labute approximate surface area is 141 Å². The van der Waals surface area contributed by atoms with E-state index in [4.69, 9.17) is 10.2 Å². The first kappa shape index (κ1) is 20.3. The Morgan fingerprint density at radius 2 is 1.17 bits per heavy atom. The van der Waals surface area contributed by atoms with Gasteiger partial charge in [-0.15, -0.1) is 0 Å². The van der Waals surface area contributed by atoms with Crippen LogP contribution in [0.4, 0.5) is 0 Å². The molecule has 0 aromatic rings. The molecular weight excluding hydrogens is 318 g/mol. The van der Waals surface area contributed by atoms with Gasteiger partial charge in [-0.1, -0.05) is 13.8 Å². The predicted molar refractivity (Wildman–Crippen MR) is 86.0 cm³/mol. The molecule has 1 aliphatic rings. The van der Waals surface area contributed by atoms with Crippen molar-refractivity contribution >= 4 is 17.9 Å². The second-order valence-electron chi connectivity index (χ2n) is 6.40. The Morgan fingerprint density at radius 3 is 1.46 bits per heavy atom. The van der Waals surface area contributed by atoms with E-state index in [9.17, 15) is 19.5 Å². The number of aliphatic carboxylic acids is 3. The number of carboxylic acid groups (broad SMARTS) is 3. The molecule has 0 aromatic heterocycles. The Hall–Kier alpha value is -1.71. The van der Waals surface area contributed by atoms with Crippen LogP contribution in [0.1, 0.15) is 13.8 Å². The lowest BCUT2D eigenvalue weighted by molar-refractivity contribution is -0.146. The third-order valence-corrected chi connectivity index (χ3v) is 4.13. The molecule has 0 bridgehead atoms. The highest BCUT2D eigenvalue weighted by Crippen LogP contribution is 2.13. The summed E-state index contributed by atoms with van der Waals surface area (Å²) < 4.78 is 0. The summed E-state index contributed by atoms with van der Waals surface area (Å²) in [5.74, 6) is -2.93. The minimum Gasteiger partial charge on any atom is -0.480 e. The monoisotopic (exact) mass is 345 g/mol. The first-order valence-electron chi connectivity index (χ1n) is 8.06. The maximum absolute atomic E-state index is 11.6. The zero-order valence-electron chi connectivity index (χ0n) is 14.2. The van der Waals surface area contributed by atoms with E-state index in [1.807, 2.05) is 18.7 Å². The van der Waals surface area contributed by atoms with Crippen LogP contribution in [0.3, 0.4) is 0 Å². The Kier molecular flexibility index (Phi) is 8.09. The Balaban J connectivity index is 2.91. The third kappa shape index (κ3) is 6.81. The van der Waals surface area contributed by atoms with Crippen LogP contribution in [-0.4, -0.2) is 106 Å². The van der Waals surface area contributed by atoms with Gasteiger partial charge in [0.1, 0.15) is 6.04 Å². The molecule has 1 saturated heterocycles. The van der Waals surface area contributed by atoms with Gasteiger partial charge in [-0.25, -0.2) is 0 Å². The van der Waals surface area contributed by atoms with Gasteiger partial charge in [0.05, 0.1) is 13.1 Å². The number of carbonyl (C=O) groups is 3.